The monoisotopic (exact) mass is 220 g/mol. The Morgan fingerprint density at radius 2 is 2.33 bits per heavy atom. The lowest BCUT2D eigenvalue weighted by atomic mass is 10.1. The number of hydrogen-bond donors (Lipinski definition) is 1. The van der Waals surface area contributed by atoms with Gasteiger partial charge in [0.05, 0.1) is 11.6 Å². The molecule has 0 unspecified atom stereocenters. The minimum Gasteiger partial charge on any atom is -0.319 e. The summed E-state index contributed by atoms with van der Waals surface area (Å²) in [5.74, 6) is 0. The van der Waals surface area contributed by atoms with Crippen LogP contribution >= 0.6 is 11.6 Å². The molecule has 78 valence electrons. The number of hydrogen-bond acceptors (Lipinski definition) is 2. The van der Waals surface area contributed by atoms with Crippen molar-refractivity contribution in [3.05, 3.63) is 40.4 Å². The third kappa shape index (κ3) is 3.75. The highest BCUT2D eigenvalue weighted by Crippen LogP contribution is 2.18. The molecule has 2 nitrogen and oxygen atoms in total. The molecule has 0 radical (unpaired) electrons. The molecular formula is C12H13ClN2. The quantitative estimate of drug-likeness (QED) is 0.793. The summed E-state index contributed by atoms with van der Waals surface area (Å²) in [6, 6.07) is 7.36. The van der Waals surface area contributed by atoms with Crippen LogP contribution in [0.5, 0.6) is 0 Å². The van der Waals surface area contributed by atoms with Gasteiger partial charge in [-0.1, -0.05) is 29.8 Å². The standard InChI is InChI=1S/C12H13ClN2/c1-15-7-3-2-4-11-6-5-10(9-14)8-12(11)13/h2,4-6,8,15H,3,7H2,1H3. The van der Waals surface area contributed by atoms with Crippen LogP contribution in [0.2, 0.25) is 5.02 Å². The fourth-order valence-corrected chi connectivity index (χ4v) is 1.41. The molecule has 1 rings (SSSR count). The van der Waals surface area contributed by atoms with Gasteiger partial charge in [0.1, 0.15) is 0 Å². The lowest BCUT2D eigenvalue weighted by Crippen LogP contribution is -2.05. The number of benzene rings is 1. The number of nitriles is 1. The van der Waals surface area contributed by atoms with E-state index in [-0.39, 0.29) is 0 Å². The summed E-state index contributed by atoms with van der Waals surface area (Å²) in [6.45, 7) is 0.949. The van der Waals surface area contributed by atoms with Crippen molar-refractivity contribution >= 4 is 17.7 Å². The first-order valence-electron chi connectivity index (χ1n) is 4.78. The molecule has 3 heteroatoms. The van der Waals surface area contributed by atoms with E-state index < -0.39 is 0 Å². The number of halogens is 1. The number of nitrogens with one attached hydrogen (secondary N) is 1. The molecule has 1 N–H and O–H groups in total. The summed E-state index contributed by atoms with van der Waals surface area (Å²) < 4.78 is 0. The van der Waals surface area contributed by atoms with E-state index >= 15 is 0 Å². The lowest BCUT2D eigenvalue weighted by molar-refractivity contribution is 0.809. The second-order valence-electron chi connectivity index (χ2n) is 3.14. The normalized spacial score (nSPS) is 10.5. The maximum Gasteiger partial charge on any atom is 0.0992 e. The van der Waals surface area contributed by atoms with E-state index in [1.54, 1.807) is 12.1 Å². The molecule has 15 heavy (non-hydrogen) atoms. The van der Waals surface area contributed by atoms with E-state index in [1.165, 1.54) is 0 Å². The van der Waals surface area contributed by atoms with E-state index in [0.29, 0.717) is 10.6 Å². The fraction of sp³-hybridized carbons (Fsp3) is 0.250. The summed E-state index contributed by atoms with van der Waals surface area (Å²) in [6.07, 6.45) is 5.00. The first-order chi connectivity index (χ1) is 7.27. The fourth-order valence-electron chi connectivity index (χ4n) is 1.17. The first-order valence-corrected chi connectivity index (χ1v) is 5.16. The van der Waals surface area contributed by atoms with Gasteiger partial charge in [0, 0.05) is 5.02 Å². The summed E-state index contributed by atoms with van der Waals surface area (Å²) in [4.78, 5) is 0. The molecule has 0 aliphatic carbocycles. The van der Waals surface area contributed by atoms with Gasteiger partial charge >= 0.3 is 0 Å². The van der Waals surface area contributed by atoms with Crippen LogP contribution in [0.3, 0.4) is 0 Å². The predicted molar refractivity (Wildman–Crippen MR) is 63.7 cm³/mol. The molecule has 0 fully saturated rings. The van der Waals surface area contributed by atoms with Crippen molar-refractivity contribution in [1.82, 2.24) is 5.32 Å². The Hall–Kier alpha value is -1.30. The van der Waals surface area contributed by atoms with Crippen LogP contribution < -0.4 is 5.32 Å². The van der Waals surface area contributed by atoms with E-state index in [2.05, 4.69) is 17.5 Å². The molecule has 0 aliphatic rings. The molecule has 0 spiro atoms. The van der Waals surface area contributed by atoms with Crippen LogP contribution in [-0.2, 0) is 0 Å². The van der Waals surface area contributed by atoms with Crippen LogP contribution in [0.4, 0.5) is 0 Å². The summed E-state index contributed by atoms with van der Waals surface area (Å²) in [5, 5.41) is 12.3. The average Bonchev–Trinajstić information content (AvgIpc) is 2.26. The van der Waals surface area contributed by atoms with Crippen molar-refractivity contribution in [2.24, 2.45) is 0 Å². The SMILES string of the molecule is CNCCC=Cc1ccc(C#N)cc1Cl. The number of rotatable bonds is 4. The van der Waals surface area contributed by atoms with Gasteiger partial charge in [0.25, 0.3) is 0 Å². The largest absolute Gasteiger partial charge is 0.319 e. The second kappa shape index (κ2) is 6.23. The van der Waals surface area contributed by atoms with Crippen molar-refractivity contribution in [3.63, 3.8) is 0 Å². The van der Waals surface area contributed by atoms with Crippen molar-refractivity contribution in [1.29, 1.82) is 5.26 Å². The smallest absolute Gasteiger partial charge is 0.0992 e. The van der Waals surface area contributed by atoms with Gasteiger partial charge in [-0.25, -0.2) is 0 Å². The summed E-state index contributed by atoms with van der Waals surface area (Å²) in [5.41, 5.74) is 1.54. The molecule has 0 bridgehead atoms. The summed E-state index contributed by atoms with van der Waals surface area (Å²) in [7, 11) is 1.92. The molecule has 0 aliphatic heterocycles. The van der Waals surface area contributed by atoms with Gasteiger partial charge < -0.3 is 5.32 Å². The zero-order valence-corrected chi connectivity index (χ0v) is 9.38. The predicted octanol–water partition coefficient (Wildman–Crippen LogP) is 2.83. The van der Waals surface area contributed by atoms with E-state index in [4.69, 9.17) is 16.9 Å². The molecule has 0 aromatic heterocycles. The first kappa shape index (κ1) is 11.8. The third-order valence-corrected chi connectivity index (χ3v) is 2.32. The minimum absolute atomic E-state index is 0.590. The molecule has 0 saturated carbocycles. The van der Waals surface area contributed by atoms with Gasteiger partial charge in [-0.15, -0.1) is 0 Å². The van der Waals surface area contributed by atoms with Gasteiger partial charge in [-0.2, -0.15) is 5.26 Å². The van der Waals surface area contributed by atoms with Crippen molar-refractivity contribution < 1.29 is 0 Å². The lowest BCUT2D eigenvalue weighted by Gasteiger charge is -1.98. The Kier molecular flexibility index (Phi) is 4.89. The van der Waals surface area contributed by atoms with Gasteiger partial charge in [-0.05, 0) is 37.7 Å². The average molecular weight is 221 g/mol. The summed E-state index contributed by atoms with van der Waals surface area (Å²) >= 11 is 6.00. The number of nitrogens with zero attached hydrogens (tertiary/aromatic N) is 1. The second-order valence-corrected chi connectivity index (χ2v) is 3.55. The Morgan fingerprint density at radius 1 is 1.53 bits per heavy atom. The zero-order chi connectivity index (χ0) is 11.1. The van der Waals surface area contributed by atoms with Crippen LogP contribution in [0.1, 0.15) is 17.5 Å². The topological polar surface area (TPSA) is 35.8 Å². The highest BCUT2D eigenvalue weighted by Gasteiger charge is 1.97. The van der Waals surface area contributed by atoms with Gasteiger partial charge in [-0.3, -0.25) is 0 Å². The van der Waals surface area contributed by atoms with Crippen LogP contribution in [0, 0.1) is 11.3 Å². The van der Waals surface area contributed by atoms with E-state index in [0.717, 1.165) is 18.5 Å². The molecule has 0 saturated heterocycles. The van der Waals surface area contributed by atoms with Gasteiger partial charge in [0.15, 0.2) is 0 Å². The van der Waals surface area contributed by atoms with Crippen LogP contribution in [0.25, 0.3) is 6.08 Å². The molecule has 1 aromatic carbocycles. The Labute approximate surface area is 95.2 Å². The maximum atomic E-state index is 8.66. The van der Waals surface area contributed by atoms with Gasteiger partial charge in [0.2, 0.25) is 0 Å². The van der Waals surface area contributed by atoms with Crippen LogP contribution in [0.15, 0.2) is 24.3 Å². The Morgan fingerprint density at radius 3 is 2.93 bits per heavy atom. The Bertz CT molecular complexity index is 391. The highest BCUT2D eigenvalue weighted by molar-refractivity contribution is 6.32. The third-order valence-electron chi connectivity index (χ3n) is 1.99. The van der Waals surface area contributed by atoms with E-state index in [9.17, 15) is 0 Å². The minimum atomic E-state index is 0.590. The van der Waals surface area contributed by atoms with Crippen molar-refractivity contribution in [3.8, 4) is 6.07 Å². The zero-order valence-electron chi connectivity index (χ0n) is 8.63. The highest BCUT2D eigenvalue weighted by atomic mass is 35.5. The Balaban J connectivity index is 2.70. The molecular weight excluding hydrogens is 208 g/mol. The maximum absolute atomic E-state index is 8.66. The molecule has 0 amide bonds. The van der Waals surface area contributed by atoms with Crippen molar-refractivity contribution in [2.75, 3.05) is 13.6 Å². The molecule has 1 aromatic rings. The van der Waals surface area contributed by atoms with Crippen molar-refractivity contribution in [2.45, 2.75) is 6.42 Å². The molecule has 0 heterocycles. The van der Waals surface area contributed by atoms with Crippen LogP contribution in [-0.4, -0.2) is 13.6 Å². The molecule has 0 atom stereocenters. The van der Waals surface area contributed by atoms with E-state index in [1.807, 2.05) is 19.2 Å².